The molecule has 0 fully saturated rings. The first kappa shape index (κ1) is 12.3. The Hall–Kier alpha value is -1.15. The van der Waals surface area contributed by atoms with Crippen molar-refractivity contribution in [2.75, 3.05) is 0 Å². The van der Waals surface area contributed by atoms with Crippen LogP contribution in [0.25, 0.3) is 10.6 Å². The minimum absolute atomic E-state index is 1.16. The van der Waals surface area contributed by atoms with Gasteiger partial charge in [0.25, 0.3) is 0 Å². The van der Waals surface area contributed by atoms with Crippen molar-refractivity contribution in [3.8, 4) is 10.6 Å². The minimum atomic E-state index is 1.16. The normalized spacial score (nSPS) is 10.9. The second-order valence-corrected chi connectivity index (χ2v) is 6.00. The van der Waals surface area contributed by atoms with Gasteiger partial charge in [-0.2, -0.15) is 0 Å². The molecular formula is C15H19NS. The summed E-state index contributed by atoms with van der Waals surface area (Å²) in [5.74, 6) is 0. The molecule has 0 aliphatic heterocycles. The first-order valence-corrected chi connectivity index (χ1v) is 6.75. The van der Waals surface area contributed by atoms with Crippen LogP contribution in [0.5, 0.6) is 0 Å². The summed E-state index contributed by atoms with van der Waals surface area (Å²) in [6.45, 7) is 13.0. The summed E-state index contributed by atoms with van der Waals surface area (Å²) in [6.07, 6.45) is 0. The van der Waals surface area contributed by atoms with Crippen LogP contribution in [0.15, 0.2) is 6.07 Å². The van der Waals surface area contributed by atoms with E-state index in [0.29, 0.717) is 0 Å². The van der Waals surface area contributed by atoms with E-state index in [-0.39, 0.29) is 0 Å². The van der Waals surface area contributed by atoms with E-state index in [1.54, 1.807) is 11.3 Å². The number of hydrogen-bond acceptors (Lipinski definition) is 2. The SMILES string of the molecule is Cc1cc(C)c(C)c(-c2nc(C)c(C)s2)c1C. The highest BCUT2D eigenvalue weighted by molar-refractivity contribution is 7.15. The maximum Gasteiger partial charge on any atom is 0.124 e. The summed E-state index contributed by atoms with van der Waals surface area (Å²) >= 11 is 1.80. The predicted octanol–water partition coefficient (Wildman–Crippen LogP) is 4.66. The first-order valence-electron chi connectivity index (χ1n) is 5.93. The van der Waals surface area contributed by atoms with Gasteiger partial charge in [0.05, 0.1) is 5.69 Å². The number of benzene rings is 1. The molecule has 2 heteroatoms. The van der Waals surface area contributed by atoms with Gasteiger partial charge in [0.2, 0.25) is 0 Å². The lowest BCUT2D eigenvalue weighted by molar-refractivity contribution is 1.20. The van der Waals surface area contributed by atoms with Crippen molar-refractivity contribution < 1.29 is 0 Å². The highest BCUT2D eigenvalue weighted by atomic mass is 32.1. The molecular weight excluding hydrogens is 226 g/mol. The van der Waals surface area contributed by atoms with Gasteiger partial charge in [-0.15, -0.1) is 11.3 Å². The molecule has 0 N–H and O–H groups in total. The molecule has 2 rings (SSSR count). The fourth-order valence-corrected chi connectivity index (χ4v) is 3.19. The molecule has 1 heterocycles. The van der Waals surface area contributed by atoms with Gasteiger partial charge in [0, 0.05) is 10.4 Å². The third-order valence-electron chi connectivity index (χ3n) is 3.61. The summed E-state index contributed by atoms with van der Waals surface area (Å²) in [5.41, 5.74) is 7.93. The number of rotatable bonds is 1. The van der Waals surface area contributed by atoms with Crippen LogP contribution in [0.2, 0.25) is 0 Å². The average molecular weight is 245 g/mol. The largest absolute Gasteiger partial charge is 0.241 e. The molecule has 2 aromatic rings. The van der Waals surface area contributed by atoms with Gasteiger partial charge in [-0.1, -0.05) is 6.07 Å². The maximum absolute atomic E-state index is 4.70. The molecule has 0 aliphatic rings. The summed E-state index contributed by atoms with van der Waals surface area (Å²) < 4.78 is 0. The summed E-state index contributed by atoms with van der Waals surface area (Å²) in [6, 6.07) is 2.27. The smallest absolute Gasteiger partial charge is 0.124 e. The van der Waals surface area contributed by atoms with E-state index in [4.69, 9.17) is 4.98 Å². The molecule has 0 aliphatic carbocycles. The zero-order valence-corrected chi connectivity index (χ0v) is 12.2. The molecule has 0 atom stereocenters. The van der Waals surface area contributed by atoms with Crippen molar-refractivity contribution in [3.05, 3.63) is 38.9 Å². The predicted molar refractivity (Wildman–Crippen MR) is 76.0 cm³/mol. The fourth-order valence-electron chi connectivity index (χ4n) is 2.12. The molecule has 17 heavy (non-hydrogen) atoms. The molecule has 0 saturated carbocycles. The fraction of sp³-hybridized carbons (Fsp3) is 0.400. The second-order valence-electron chi connectivity index (χ2n) is 4.80. The number of hydrogen-bond donors (Lipinski definition) is 0. The van der Waals surface area contributed by atoms with E-state index in [1.165, 1.54) is 37.7 Å². The number of aromatic nitrogens is 1. The van der Waals surface area contributed by atoms with Crippen LogP contribution >= 0.6 is 11.3 Å². The van der Waals surface area contributed by atoms with Crippen molar-refractivity contribution in [2.45, 2.75) is 41.5 Å². The quantitative estimate of drug-likeness (QED) is 0.712. The van der Waals surface area contributed by atoms with E-state index >= 15 is 0 Å². The first-order chi connectivity index (χ1) is 7.91. The van der Waals surface area contributed by atoms with Gasteiger partial charge < -0.3 is 0 Å². The van der Waals surface area contributed by atoms with Crippen LogP contribution in [0.3, 0.4) is 0 Å². The zero-order chi connectivity index (χ0) is 12.7. The van der Waals surface area contributed by atoms with E-state index in [0.717, 1.165) is 5.69 Å². The molecule has 1 aromatic carbocycles. The van der Waals surface area contributed by atoms with Crippen LogP contribution in [0, 0.1) is 41.5 Å². The van der Waals surface area contributed by atoms with Crippen molar-refractivity contribution in [1.82, 2.24) is 4.98 Å². The molecule has 0 radical (unpaired) electrons. The molecule has 0 saturated heterocycles. The van der Waals surface area contributed by atoms with Crippen LogP contribution in [0.4, 0.5) is 0 Å². The van der Waals surface area contributed by atoms with Gasteiger partial charge in [-0.05, 0) is 63.8 Å². The van der Waals surface area contributed by atoms with Crippen molar-refractivity contribution >= 4 is 11.3 Å². The van der Waals surface area contributed by atoms with Crippen LogP contribution in [-0.4, -0.2) is 4.98 Å². The van der Waals surface area contributed by atoms with Crippen LogP contribution in [0.1, 0.15) is 32.8 Å². The van der Waals surface area contributed by atoms with Gasteiger partial charge >= 0.3 is 0 Å². The van der Waals surface area contributed by atoms with Gasteiger partial charge in [-0.3, -0.25) is 0 Å². The standard InChI is InChI=1S/C15H19NS/c1-8-7-9(2)11(4)14(10(8)3)15-16-12(5)13(6)17-15/h7H,1-6H3. The van der Waals surface area contributed by atoms with Crippen LogP contribution in [-0.2, 0) is 0 Å². The molecule has 0 spiro atoms. The van der Waals surface area contributed by atoms with Crippen molar-refractivity contribution in [3.63, 3.8) is 0 Å². The molecule has 0 amide bonds. The van der Waals surface area contributed by atoms with E-state index in [1.807, 2.05) is 0 Å². The Bertz CT molecular complexity index is 533. The van der Waals surface area contributed by atoms with E-state index in [9.17, 15) is 0 Å². The Morgan fingerprint density at radius 2 is 1.41 bits per heavy atom. The topological polar surface area (TPSA) is 12.9 Å². The Morgan fingerprint density at radius 1 is 0.882 bits per heavy atom. The third-order valence-corrected chi connectivity index (χ3v) is 4.70. The monoisotopic (exact) mass is 245 g/mol. The zero-order valence-electron chi connectivity index (χ0n) is 11.4. The number of aryl methyl sites for hydroxylation is 4. The minimum Gasteiger partial charge on any atom is -0.241 e. The maximum atomic E-state index is 4.70. The number of thiazole rings is 1. The highest BCUT2D eigenvalue weighted by Gasteiger charge is 2.14. The average Bonchev–Trinajstić information content (AvgIpc) is 2.57. The molecule has 1 aromatic heterocycles. The molecule has 1 nitrogen and oxygen atoms in total. The van der Waals surface area contributed by atoms with Crippen molar-refractivity contribution in [2.24, 2.45) is 0 Å². The van der Waals surface area contributed by atoms with Crippen molar-refractivity contribution in [1.29, 1.82) is 0 Å². The molecule has 0 unspecified atom stereocenters. The lowest BCUT2D eigenvalue weighted by atomic mass is 9.95. The van der Waals surface area contributed by atoms with Gasteiger partial charge in [0.15, 0.2) is 0 Å². The Kier molecular flexibility index (Phi) is 3.09. The van der Waals surface area contributed by atoms with Crippen LogP contribution < -0.4 is 0 Å². The highest BCUT2D eigenvalue weighted by Crippen LogP contribution is 2.35. The Balaban J connectivity index is 2.74. The second kappa shape index (κ2) is 4.26. The van der Waals surface area contributed by atoms with Gasteiger partial charge in [-0.25, -0.2) is 4.98 Å². The molecule has 0 bridgehead atoms. The summed E-state index contributed by atoms with van der Waals surface area (Å²) in [7, 11) is 0. The van der Waals surface area contributed by atoms with E-state index < -0.39 is 0 Å². The molecule has 90 valence electrons. The lowest BCUT2D eigenvalue weighted by Crippen LogP contribution is -1.94. The third kappa shape index (κ3) is 2.02. The van der Waals surface area contributed by atoms with Gasteiger partial charge in [0.1, 0.15) is 5.01 Å². The van der Waals surface area contributed by atoms with E-state index in [2.05, 4.69) is 47.6 Å². The summed E-state index contributed by atoms with van der Waals surface area (Å²) in [4.78, 5) is 6.02. The Labute approximate surface area is 108 Å². The number of nitrogens with zero attached hydrogens (tertiary/aromatic N) is 1. The lowest BCUT2D eigenvalue weighted by Gasteiger charge is -2.13. The summed E-state index contributed by atoms with van der Waals surface area (Å²) in [5, 5.41) is 1.17. The Morgan fingerprint density at radius 3 is 1.82 bits per heavy atom.